The van der Waals surface area contributed by atoms with Gasteiger partial charge >= 0.3 is 0 Å². The van der Waals surface area contributed by atoms with Crippen molar-refractivity contribution in [2.45, 2.75) is 78.8 Å². The van der Waals surface area contributed by atoms with Crippen molar-refractivity contribution < 1.29 is 0 Å². The third kappa shape index (κ3) is 5.66. The summed E-state index contributed by atoms with van der Waals surface area (Å²) in [6.45, 7) is 11.2. The molecule has 1 aromatic rings. The van der Waals surface area contributed by atoms with Gasteiger partial charge in [-0.3, -0.25) is 4.79 Å². The van der Waals surface area contributed by atoms with Crippen LogP contribution in [-0.4, -0.2) is 11.1 Å². The van der Waals surface area contributed by atoms with Crippen LogP contribution in [0.4, 0.5) is 0 Å². The fraction of sp³-hybridized carbons (Fsp3) is 0.722. The molecular formula is C18H32N2O. The molecule has 0 radical (unpaired) electrons. The molecule has 120 valence electrons. The van der Waals surface area contributed by atoms with Crippen LogP contribution in [0.5, 0.6) is 0 Å². The Morgan fingerprint density at radius 3 is 2.43 bits per heavy atom. The molecule has 0 unspecified atom stereocenters. The third-order valence-corrected chi connectivity index (χ3v) is 3.89. The van der Waals surface area contributed by atoms with Gasteiger partial charge in [-0.15, -0.1) is 0 Å². The summed E-state index contributed by atoms with van der Waals surface area (Å²) in [7, 11) is 0. The second-order valence-electron chi connectivity index (χ2n) is 6.13. The second-order valence-corrected chi connectivity index (χ2v) is 6.13. The maximum Gasteiger partial charge on any atom is 0.255 e. The van der Waals surface area contributed by atoms with E-state index in [9.17, 15) is 4.79 Å². The average molecular weight is 292 g/mol. The number of rotatable bonds is 10. The van der Waals surface area contributed by atoms with Gasteiger partial charge in [0.2, 0.25) is 0 Å². The summed E-state index contributed by atoms with van der Waals surface area (Å²) in [5, 5.41) is 3.37. The van der Waals surface area contributed by atoms with Crippen LogP contribution in [-0.2, 0) is 13.1 Å². The topological polar surface area (TPSA) is 34.0 Å². The molecule has 1 rings (SSSR count). The van der Waals surface area contributed by atoms with Crippen LogP contribution in [0.2, 0.25) is 0 Å². The highest BCUT2D eigenvalue weighted by Crippen LogP contribution is 2.14. The molecule has 0 saturated heterocycles. The highest BCUT2D eigenvalue weighted by molar-refractivity contribution is 5.18. The Bertz CT molecular complexity index is 463. The van der Waals surface area contributed by atoms with Gasteiger partial charge in [-0.05, 0) is 31.4 Å². The van der Waals surface area contributed by atoms with E-state index >= 15 is 0 Å². The lowest BCUT2D eigenvalue weighted by molar-refractivity contribution is 0.545. The summed E-state index contributed by atoms with van der Waals surface area (Å²) >= 11 is 0. The normalized spacial score (nSPS) is 11.3. The number of nitrogens with one attached hydrogen (secondary N) is 1. The first-order valence-electron chi connectivity index (χ1n) is 8.55. The highest BCUT2D eigenvalue weighted by atomic mass is 16.1. The van der Waals surface area contributed by atoms with Gasteiger partial charge in [0.1, 0.15) is 0 Å². The number of nitrogens with zero attached hydrogens (tertiary/aromatic N) is 1. The number of pyridine rings is 1. The van der Waals surface area contributed by atoms with Crippen LogP contribution in [0.3, 0.4) is 0 Å². The zero-order chi connectivity index (χ0) is 15.7. The van der Waals surface area contributed by atoms with Crippen LogP contribution < -0.4 is 10.9 Å². The molecule has 0 bridgehead atoms. The number of hydrogen-bond donors (Lipinski definition) is 1. The molecule has 0 aliphatic rings. The van der Waals surface area contributed by atoms with Gasteiger partial charge in [0.15, 0.2) is 0 Å². The molecule has 0 amide bonds. The second kappa shape index (κ2) is 9.78. The van der Waals surface area contributed by atoms with E-state index in [0.717, 1.165) is 37.2 Å². The molecule has 21 heavy (non-hydrogen) atoms. The fourth-order valence-electron chi connectivity index (χ4n) is 2.55. The quantitative estimate of drug-likeness (QED) is 0.660. The zero-order valence-corrected chi connectivity index (χ0v) is 14.2. The van der Waals surface area contributed by atoms with Gasteiger partial charge in [-0.25, -0.2) is 0 Å². The average Bonchev–Trinajstić information content (AvgIpc) is 2.46. The first kappa shape index (κ1) is 18.0. The molecule has 1 N–H and O–H groups in total. The molecule has 3 heteroatoms. The van der Waals surface area contributed by atoms with Crippen LogP contribution in [0.25, 0.3) is 0 Å². The first-order chi connectivity index (χ1) is 10.1. The summed E-state index contributed by atoms with van der Waals surface area (Å²) in [6.07, 6.45) is 5.80. The number of aromatic nitrogens is 1. The van der Waals surface area contributed by atoms with Crippen molar-refractivity contribution in [1.82, 2.24) is 9.88 Å². The largest absolute Gasteiger partial charge is 0.312 e. The Labute approximate surface area is 129 Å². The standard InChI is InChI=1S/C18H32N2O/c1-5-7-9-13-20-17(15(3)4)11-10-16(18(20)21)14-19-12-8-6-2/h10-11,15,19H,5-9,12-14H2,1-4H3. The minimum absolute atomic E-state index is 0.196. The van der Waals surface area contributed by atoms with E-state index in [1.807, 2.05) is 10.6 Å². The van der Waals surface area contributed by atoms with Gasteiger partial charge in [0.05, 0.1) is 0 Å². The van der Waals surface area contributed by atoms with Crippen molar-refractivity contribution in [2.24, 2.45) is 0 Å². The van der Waals surface area contributed by atoms with Gasteiger partial charge < -0.3 is 9.88 Å². The van der Waals surface area contributed by atoms with Gasteiger partial charge in [0, 0.05) is 24.3 Å². The van der Waals surface area contributed by atoms with Crippen molar-refractivity contribution in [1.29, 1.82) is 0 Å². The first-order valence-corrected chi connectivity index (χ1v) is 8.55. The van der Waals surface area contributed by atoms with Crippen molar-refractivity contribution in [3.05, 3.63) is 33.7 Å². The minimum atomic E-state index is 0.196. The lowest BCUT2D eigenvalue weighted by Gasteiger charge is -2.17. The Balaban J connectivity index is 2.86. The van der Waals surface area contributed by atoms with Gasteiger partial charge in [-0.2, -0.15) is 0 Å². The molecule has 0 aliphatic heterocycles. The number of unbranched alkanes of at least 4 members (excludes halogenated alkanes) is 3. The Kier molecular flexibility index (Phi) is 8.36. The van der Waals surface area contributed by atoms with Crippen LogP contribution in [0.1, 0.15) is 77.0 Å². The molecular weight excluding hydrogens is 260 g/mol. The maximum absolute atomic E-state index is 12.7. The molecule has 3 nitrogen and oxygen atoms in total. The van der Waals surface area contributed by atoms with E-state index in [0.29, 0.717) is 12.5 Å². The van der Waals surface area contributed by atoms with E-state index < -0.39 is 0 Å². The van der Waals surface area contributed by atoms with E-state index in [-0.39, 0.29) is 5.56 Å². The highest BCUT2D eigenvalue weighted by Gasteiger charge is 2.11. The van der Waals surface area contributed by atoms with Gasteiger partial charge in [0.25, 0.3) is 5.56 Å². The van der Waals surface area contributed by atoms with E-state index in [1.54, 1.807) is 0 Å². The molecule has 0 spiro atoms. The van der Waals surface area contributed by atoms with Crippen molar-refractivity contribution >= 4 is 0 Å². The summed E-state index contributed by atoms with van der Waals surface area (Å²) in [5.74, 6) is 0.390. The molecule has 0 saturated carbocycles. The minimum Gasteiger partial charge on any atom is -0.312 e. The summed E-state index contributed by atoms with van der Waals surface area (Å²) in [6, 6.07) is 4.14. The molecule has 1 heterocycles. The molecule has 0 atom stereocenters. The summed E-state index contributed by atoms with van der Waals surface area (Å²) < 4.78 is 2.00. The monoisotopic (exact) mass is 292 g/mol. The van der Waals surface area contributed by atoms with Crippen molar-refractivity contribution in [2.75, 3.05) is 6.54 Å². The predicted molar refractivity (Wildman–Crippen MR) is 90.9 cm³/mol. The maximum atomic E-state index is 12.7. The van der Waals surface area contributed by atoms with E-state index in [2.05, 4.69) is 39.1 Å². The molecule has 0 aliphatic carbocycles. The molecule has 1 aromatic heterocycles. The van der Waals surface area contributed by atoms with Crippen molar-refractivity contribution in [3.8, 4) is 0 Å². The summed E-state index contributed by atoms with van der Waals surface area (Å²) in [5.41, 5.74) is 2.25. The van der Waals surface area contributed by atoms with E-state index in [4.69, 9.17) is 0 Å². The SMILES string of the molecule is CCCCCn1c(C(C)C)ccc(CNCCCC)c1=O. The van der Waals surface area contributed by atoms with Crippen LogP contribution >= 0.6 is 0 Å². The third-order valence-electron chi connectivity index (χ3n) is 3.89. The Morgan fingerprint density at radius 1 is 1.10 bits per heavy atom. The Hall–Kier alpha value is -1.09. The lowest BCUT2D eigenvalue weighted by Crippen LogP contribution is -2.30. The zero-order valence-electron chi connectivity index (χ0n) is 14.2. The van der Waals surface area contributed by atoms with E-state index in [1.165, 1.54) is 19.3 Å². The van der Waals surface area contributed by atoms with Crippen LogP contribution in [0, 0.1) is 0 Å². The predicted octanol–water partition coefficient (Wildman–Crippen LogP) is 4.05. The molecule has 0 fully saturated rings. The van der Waals surface area contributed by atoms with Gasteiger partial charge in [-0.1, -0.05) is 53.0 Å². The van der Waals surface area contributed by atoms with Crippen molar-refractivity contribution in [3.63, 3.8) is 0 Å². The lowest BCUT2D eigenvalue weighted by atomic mass is 10.1. The number of hydrogen-bond acceptors (Lipinski definition) is 2. The Morgan fingerprint density at radius 2 is 1.81 bits per heavy atom. The molecule has 0 aromatic carbocycles. The fourth-order valence-corrected chi connectivity index (χ4v) is 2.55. The smallest absolute Gasteiger partial charge is 0.255 e. The summed E-state index contributed by atoms with van der Waals surface area (Å²) in [4.78, 5) is 12.7. The van der Waals surface area contributed by atoms with Crippen LogP contribution in [0.15, 0.2) is 16.9 Å².